The maximum Gasteiger partial charge on any atom is 0.161 e. The van der Waals surface area contributed by atoms with E-state index in [-0.39, 0.29) is 17.6 Å². The second kappa shape index (κ2) is 5.65. The van der Waals surface area contributed by atoms with Crippen LogP contribution in [0.5, 0.6) is 0 Å². The Morgan fingerprint density at radius 1 is 1.45 bits per heavy atom. The fourth-order valence-corrected chi connectivity index (χ4v) is 4.51. The molecule has 1 N–H and O–H groups in total. The SMILES string of the molecule is CO/C1=C/C=C/N(C)C[C@@H](C)[C@@]23CCC(O)CC2OC1=C3C. The number of hydrogen-bond donors (Lipinski definition) is 1. The largest absolute Gasteiger partial charge is 0.493 e. The molecule has 1 aliphatic carbocycles. The molecule has 122 valence electrons. The van der Waals surface area contributed by atoms with Gasteiger partial charge in [-0.25, -0.2) is 0 Å². The molecule has 0 amide bonds. The Bertz CT molecular complexity index is 536. The van der Waals surface area contributed by atoms with Crippen molar-refractivity contribution in [3.05, 3.63) is 35.4 Å². The minimum absolute atomic E-state index is 0.00558. The van der Waals surface area contributed by atoms with E-state index in [2.05, 4.69) is 32.0 Å². The zero-order chi connectivity index (χ0) is 15.9. The Labute approximate surface area is 133 Å². The van der Waals surface area contributed by atoms with Crippen molar-refractivity contribution in [3.8, 4) is 0 Å². The molecule has 0 aromatic carbocycles. The van der Waals surface area contributed by atoms with Crippen molar-refractivity contribution in [2.75, 3.05) is 20.7 Å². The summed E-state index contributed by atoms with van der Waals surface area (Å²) in [6, 6.07) is 0. The molecule has 0 saturated heterocycles. The van der Waals surface area contributed by atoms with E-state index in [1.807, 2.05) is 12.2 Å². The lowest BCUT2D eigenvalue weighted by atomic mass is 9.61. The molecule has 3 rings (SSSR count). The monoisotopic (exact) mass is 305 g/mol. The number of ether oxygens (including phenoxy) is 2. The van der Waals surface area contributed by atoms with Crippen LogP contribution in [0.15, 0.2) is 35.4 Å². The molecule has 1 spiro atoms. The number of hydrogen-bond acceptors (Lipinski definition) is 4. The smallest absolute Gasteiger partial charge is 0.161 e. The van der Waals surface area contributed by atoms with Gasteiger partial charge in [-0.2, -0.15) is 0 Å². The second-order valence-corrected chi connectivity index (χ2v) is 6.95. The lowest BCUT2D eigenvalue weighted by molar-refractivity contribution is -0.0558. The van der Waals surface area contributed by atoms with Gasteiger partial charge >= 0.3 is 0 Å². The number of rotatable bonds is 1. The molecule has 4 atom stereocenters. The lowest BCUT2D eigenvalue weighted by Crippen LogP contribution is -2.47. The maximum atomic E-state index is 10.1. The number of allylic oxidation sites excluding steroid dienone is 2. The van der Waals surface area contributed by atoms with E-state index in [9.17, 15) is 5.11 Å². The zero-order valence-electron chi connectivity index (χ0n) is 14.0. The Hall–Kier alpha value is -1.42. The standard InChI is InChI=1S/C18H27NO3/c1-12-11-19(3)9-5-6-15(21-4)17-13(2)18(12)8-7-14(20)10-16(18)22-17/h5-6,9,12,14,16,20H,7-8,10-11H2,1-4H3/b9-5+,15-6+/t12-,14?,16?,18-/m1/s1. The quantitative estimate of drug-likeness (QED) is 0.809. The molecular formula is C18H27NO3. The highest BCUT2D eigenvalue weighted by Crippen LogP contribution is 2.56. The highest BCUT2D eigenvalue weighted by molar-refractivity contribution is 5.38. The van der Waals surface area contributed by atoms with Crippen molar-refractivity contribution in [2.24, 2.45) is 11.3 Å². The van der Waals surface area contributed by atoms with Crippen LogP contribution in [0.25, 0.3) is 0 Å². The van der Waals surface area contributed by atoms with Crippen LogP contribution in [0.2, 0.25) is 0 Å². The van der Waals surface area contributed by atoms with Gasteiger partial charge < -0.3 is 19.5 Å². The summed E-state index contributed by atoms with van der Waals surface area (Å²) in [6.07, 6.45) is 8.37. The first kappa shape index (κ1) is 15.5. The molecule has 4 nitrogen and oxygen atoms in total. The van der Waals surface area contributed by atoms with Crippen LogP contribution >= 0.6 is 0 Å². The van der Waals surface area contributed by atoms with Crippen LogP contribution in [0.4, 0.5) is 0 Å². The molecule has 2 aliphatic heterocycles. The van der Waals surface area contributed by atoms with E-state index < -0.39 is 0 Å². The van der Waals surface area contributed by atoms with Crippen LogP contribution in [-0.2, 0) is 9.47 Å². The van der Waals surface area contributed by atoms with Gasteiger partial charge in [-0.15, -0.1) is 0 Å². The Morgan fingerprint density at radius 2 is 2.23 bits per heavy atom. The fraction of sp³-hybridized carbons (Fsp3) is 0.667. The highest BCUT2D eigenvalue weighted by Gasteiger charge is 2.55. The van der Waals surface area contributed by atoms with E-state index in [4.69, 9.17) is 9.47 Å². The predicted octanol–water partition coefficient (Wildman–Crippen LogP) is 2.82. The van der Waals surface area contributed by atoms with Gasteiger partial charge in [-0.3, -0.25) is 0 Å². The summed E-state index contributed by atoms with van der Waals surface area (Å²) in [5.41, 5.74) is 1.29. The molecule has 2 heterocycles. The minimum Gasteiger partial charge on any atom is -0.493 e. The van der Waals surface area contributed by atoms with Crippen LogP contribution in [0.3, 0.4) is 0 Å². The van der Waals surface area contributed by atoms with Crippen LogP contribution in [0, 0.1) is 11.3 Å². The van der Waals surface area contributed by atoms with Gasteiger partial charge in [0.15, 0.2) is 11.5 Å². The molecule has 2 bridgehead atoms. The Kier molecular flexibility index (Phi) is 3.98. The summed E-state index contributed by atoms with van der Waals surface area (Å²) < 4.78 is 11.9. The molecule has 2 unspecified atom stereocenters. The van der Waals surface area contributed by atoms with Crippen molar-refractivity contribution in [1.82, 2.24) is 4.90 Å². The predicted molar refractivity (Wildman–Crippen MR) is 85.9 cm³/mol. The second-order valence-electron chi connectivity index (χ2n) is 6.95. The third-order valence-electron chi connectivity index (χ3n) is 5.72. The topological polar surface area (TPSA) is 41.9 Å². The van der Waals surface area contributed by atoms with Crippen molar-refractivity contribution in [3.63, 3.8) is 0 Å². The highest BCUT2D eigenvalue weighted by atomic mass is 16.5. The van der Waals surface area contributed by atoms with Crippen molar-refractivity contribution in [2.45, 2.75) is 45.3 Å². The van der Waals surface area contributed by atoms with Gasteiger partial charge in [0.05, 0.1) is 13.2 Å². The van der Waals surface area contributed by atoms with Crippen molar-refractivity contribution < 1.29 is 14.6 Å². The summed E-state index contributed by atoms with van der Waals surface area (Å²) in [4.78, 5) is 2.22. The van der Waals surface area contributed by atoms with Gasteiger partial charge in [0, 0.05) is 25.4 Å². The Morgan fingerprint density at radius 3 is 2.95 bits per heavy atom. The Balaban J connectivity index is 2.10. The molecule has 1 fully saturated rings. The van der Waals surface area contributed by atoms with Gasteiger partial charge in [0.1, 0.15) is 6.10 Å². The first-order chi connectivity index (χ1) is 10.5. The zero-order valence-corrected chi connectivity index (χ0v) is 14.0. The number of nitrogens with zero attached hydrogens (tertiary/aromatic N) is 1. The fourth-order valence-electron chi connectivity index (χ4n) is 4.51. The number of aliphatic hydroxyl groups excluding tert-OH is 1. The molecule has 0 aromatic rings. The molecule has 0 radical (unpaired) electrons. The molecule has 3 aliphatic rings. The van der Waals surface area contributed by atoms with E-state index in [1.54, 1.807) is 7.11 Å². The summed E-state index contributed by atoms with van der Waals surface area (Å²) >= 11 is 0. The molecular weight excluding hydrogens is 278 g/mol. The molecule has 1 saturated carbocycles. The molecule has 22 heavy (non-hydrogen) atoms. The van der Waals surface area contributed by atoms with E-state index >= 15 is 0 Å². The average molecular weight is 305 g/mol. The summed E-state index contributed by atoms with van der Waals surface area (Å²) in [7, 11) is 3.79. The third kappa shape index (κ3) is 2.24. The van der Waals surface area contributed by atoms with Crippen molar-refractivity contribution >= 4 is 0 Å². The molecule has 0 aromatic heterocycles. The first-order valence-corrected chi connectivity index (χ1v) is 8.18. The molecule has 4 heteroatoms. The summed E-state index contributed by atoms with van der Waals surface area (Å²) in [6.45, 7) is 5.47. The van der Waals surface area contributed by atoms with Crippen LogP contribution in [-0.4, -0.2) is 42.9 Å². The normalized spacial score (nSPS) is 42.1. The first-order valence-electron chi connectivity index (χ1n) is 8.18. The van der Waals surface area contributed by atoms with E-state index in [1.165, 1.54) is 5.57 Å². The van der Waals surface area contributed by atoms with Gasteiger partial charge in [0.2, 0.25) is 0 Å². The van der Waals surface area contributed by atoms with Crippen LogP contribution < -0.4 is 0 Å². The van der Waals surface area contributed by atoms with Gasteiger partial charge in [0.25, 0.3) is 0 Å². The number of aliphatic hydroxyl groups is 1. The summed E-state index contributed by atoms with van der Waals surface area (Å²) in [5.74, 6) is 2.11. The average Bonchev–Trinajstić information content (AvgIpc) is 2.76. The summed E-state index contributed by atoms with van der Waals surface area (Å²) in [5, 5.41) is 10.1. The van der Waals surface area contributed by atoms with Crippen LogP contribution in [0.1, 0.15) is 33.1 Å². The van der Waals surface area contributed by atoms with E-state index in [0.717, 1.165) is 30.9 Å². The minimum atomic E-state index is -0.256. The maximum absolute atomic E-state index is 10.1. The van der Waals surface area contributed by atoms with E-state index in [0.29, 0.717) is 12.3 Å². The lowest BCUT2D eigenvalue weighted by Gasteiger charge is -2.46. The van der Waals surface area contributed by atoms with Gasteiger partial charge in [-0.1, -0.05) is 6.92 Å². The van der Waals surface area contributed by atoms with Crippen molar-refractivity contribution in [1.29, 1.82) is 0 Å². The van der Waals surface area contributed by atoms with Gasteiger partial charge in [-0.05, 0) is 49.6 Å². The number of methoxy groups -OCH3 is 1. The third-order valence-corrected chi connectivity index (χ3v) is 5.72.